The minimum atomic E-state index is -4.43. The van der Waals surface area contributed by atoms with Gasteiger partial charge in [0.05, 0.1) is 33.4 Å². The van der Waals surface area contributed by atoms with Crippen molar-refractivity contribution in [2.75, 3.05) is 56.0 Å². The summed E-state index contributed by atoms with van der Waals surface area (Å²) < 4.78 is 35.8. The van der Waals surface area contributed by atoms with Crippen LogP contribution in [0.1, 0.15) is 61.9 Å². The first kappa shape index (κ1) is 43.1. The molecule has 322 valence electrons. The van der Waals surface area contributed by atoms with E-state index in [0.29, 0.717) is 37.3 Å². The van der Waals surface area contributed by atoms with E-state index >= 15 is 0 Å². The number of anilines is 2. The first-order valence-electron chi connectivity index (χ1n) is 20.7. The number of aromatic nitrogens is 2. The van der Waals surface area contributed by atoms with Gasteiger partial charge in [-0.2, -0.15) is 5.26 Å². The summed E-state index contributed by atoms with van der Waals surface area (Å²) in [6.07, 6.45) is 7.67. The van der Waals surface area contributed by atoms with Crippen molar-refractivity contribution < 1.29 is 22.7 Å². The summed E-state index contributed by atoms with van der Waals surface area (Å²) in [5.74, 6) is -0.460. The number of amides is 3. The van der Waals surface area contributed by atoms with E-state index in [1.165, 1.54) is 34.9 Å². The molecule has 0 unspecified atom stereocenters. The number of hydrogen-bond donors (Lipinski definition) is 3. The number of likely N-dealkylation sites (tertiary alicyclic amines) is 1. The van der Waals surface area contributed by atoms with Gasteiger partial charge < -0.3 is 24.8 Å². The van der Waals surface area contributed by atoms with E-state index in [2.05, 4.69) is 61.9 Å². The third kappa shape index (κ3) is 9.87. The Morgan fingerprint density at radius 3 is 2.45 bits per heavy atom. The lowest BCUT2D eigenvalue weighted by Gasteiger charge is -2.39. The highest BCUT2D eigenvalue weighted by atomic mass is 35.5. The molecule has 2 fully saturated rings. The number of carbonyl (C=O) groups is 2. The molecule has 3 aromatic carbocycles. The van der Waals surface area contributed by atoms with Gasteiger partial charge in [-0.1, -0.05) is 54.8 Å². The highest BCUT2D eigenvalue weighted by Gasteiger charge is 2.30. The predicted octanol–water partition coefficient (Wildman–Crippen LogP) is 9.33. The molecular formula is C46H48Cl2N8O5S. The van der Waals surface area contributed by atoms with Crippen molar-refractivity contribution in [3.63, 3.8) is 0 Å². The number of nitriles is 1. The lowest BCUT2D eigenvalue weighted by Crippen LogP contribution is -2.47. The number of urea groups is 1. The summed E-state index contributed by atoms with van der Waals surface area (Å²) in [5.41, 5.74) is 6.07. The van der Waals surface area contributed by atoms with E-state index in [0.717, 1.165) is 68.1 Å². The maximum absolute atomic E-state index is 13.9. The van der Waals surface area contributed by atoms with Gasteiger partial charge in [0.15, 0.2) is 0 Å². The van der Waals surface area contributed by atoms with E-state index in [1.807, 2.05) is 18.2 Å². The molecule has 3 amide bonds. The maximum Gasteiger partial charge on any atom is 0.321 e. The minimum absolute atomic E-state index is 0.00200. The predicted molar refractivity (Wildman–Crippen MR) is 242 cm³/mol. The minimum Gasteiger partial charge on any atom is -0.455 e. The first-order chi connectivity index (χ1) is 29.7. The number of nitrogens with zero attached hydrogens (tertiary/aromatic N) is 5. The van der Waals surface area contributed by atoms with E-state index in [4.69, 9.17) is 27.9 Å². The molecule has 0 bridgehead atoms. The molecule has 0 radical (unpaired) electrons. The number of benzene rings is 3. The number of rotatable bonds is 10. The second kappa shape index (κ2) is 18.0. The molecule has 8 rings (SSSR count). The molecular weight excluding hydrogens is 848 g/mol. The number of piperazine rings is 1. The molecule has 3 N–H and O–H groups in total. The zero-order chi connectivity index (χ0) is 43.6. The van der Waals surface area contributed by atoms with Crippen molar-refractivity contribution in [1.29, 1.82) is 5.26 Å². The summed E-state index contributed by atoms with van der Waals surface area (Å²) in [6.45, 7) is 9.55. The molecule has 0 saturated carbocycles. The number of allylic oxidation sites excluding steroid dienone is 1. The summed E-state index contributed by atoms with van der Waals surface area (Å²) in [7, 11) is -4.43. The van der Waals surface area contributed by atoms with Crippen molar-refractivity contribution >= 4 is 73.1 Å². The van der Waals surface area contributed by atoms with Crippen LogP contribution in [0.5, 0.6) is 11.5 Å². The van der Waals surface area contributed by atoms with Gasteiger partial charge in [-0.25, -0.2) is 22.9 Å². The van der Waals surface area contributed by atoms with Gasteiger partial charge in [0, 0.05) is 80.1 Å². The Hall–Kier alpha value is -5.59. The molecule has 16 heteroatoms. The van der Waals surface area contributed by atoms with Gasteiger partial charge in [-0.05, 0) is 103 Å². The van der Waals surface area contributed by atoms with Gasteiger partial charge in [-0.3, -0.25) is 9.69 Å². The fraction of sp³-hybridized carbons (Fsp3) is 0.348. The lowest BCUT2D eigenvalue weighted by atomic mass is 9.72. The summed E-state index contributed by atoms with van der Waals surface area (Å²) in [4.78, 5) is 40.3. The largest absolute Gasteiger partial charge is 0.455 e. The number of halogens is 2. The second-order valence-electron chi connectivity index (χ2n) is 17.0. The first-order valence-corrected chi connectivity index (χ1v) is 23.0. The van der Waals surface area contributed by atoms with Crippen LogP contribution in [-0.2, 0) is 10.0 Å². The fourth-order valence-corrected chi connectivity index (χ4v) is 9.80. The molecule has 1 aliphatic carbocycles. The molecule has 0 atom stereocenters. The molecule has 62 heavy (non-hydrogen) atoms. The normalized spacial score (nSPS) is 17.5. The van der Waals surface area contributed by atoms with Gasteiger partial charge in [0.25, 0.3) is 15.9 Å². The highest BCUT2D eigenvalue weighted by molar-refractivity contribution is 7.90. The van der Waals surface area contributed by atoms with Gasteiger partial charge in [0.1, 0.15) is 17.1 Å². The molecule has 13 nitrogen and oxygen atoms in total. The Morgan fingerprint density at radius 2 is 1.73 bits per heavy atom. The van der Waals surface area contributed by atoms with Gasteiger partial charge >= 0.3 is 6.03 Å². The highest BCUT2D eigenvalue weighted by Crippen LogP contribution is 2.43. The van der Waals surface area contributed by atoms with Crippen LogP contribution >= 0.6 is 23.2 Å². The van der Waals surface area contributed by atoms with Crippen LogP contribution in [0.15, 0.2) is 95.7 Å². The average molecular weight is 896 g/mol. The number of nitrogens with one attached hydrogen (secondary N) is 3. The van der Waals surface area contributed by atoms with E-state index in [9.17, 15) is 23.3 Å². The van der Waals surface area contributed by atoms with Crippen molar-refractivity contribution in [3.8, 4) is 17.6 Å². The molecule has 2 aromatic heterocycles. The summed E-state index contributed by atoms with van der Waals surface area (Å²) >= 11 is 12.7. The number of piperidine rings is 1. The van der Waals surface area contributed by atoms with Crippen LogP contribution in [-0.4, -0.2) is 85.9 Å². The Kier molecular flexibility index (Phi) is 12.5. The average Bonchev–Trinajstić information content (AvgIpc) is 3.73. The number of fused-ring (bicyclic) bond motifs is 1. The Labute approximate surface area is 371 Å². The van der Waals surface area contributed by atoms with Crippen LogP contribution in [0.25, 0.3) is 16.6 Å². The van der Waals surface area contributed by atoms with E-state index < -0.39 is 22.0 Å². The van der Waals surface area contributed by atoms with Crippen molar-refractivity contribution in [1.82, 2.24) is 24.5 Å². The number of pyridine rings is 1. The zero-order valence-electron chi connectivity index (χ0n) is 34.6. The molecule has 0 spiro atoms. The van der Waals surface area contributed by atoms with Crippen LogP contribution in [0, 0.1) is 22.7 Å². The van der Waals surface area contributed by atoms with Crippen molar-refractivity contribution in [2.24, 2.45) is 11.3 Å². The Balaban J connectivity index is 0.980. The van der Waals surface area contributed by atoms with E-state index in [-0.39, 0.29) is 38.3 Å². The van der Waals surface area contributed by atoms with Crippen LogP contribution in [0.2, 0.25) is 10.0 Å². The number of sulfonamides is 1. The Bertz CT molecular complexity index is 2680. The molecule has 2 aliphatic heterocycles. The number of aromatic amines is 1. The molecule has 5 aromatic rings. The van der Waals surface area contributed by atoms with Crippen molar-refractivity contribution in [2.45, 2.75) is 50.8 Å². The molecule has 2 saturated heterocycles. The van der Waals surface area contributed by atoms with Crippen LogP contribution in [0.3, 0.4) is 0 Å². The van der Waals surface area contributed by atoms with Crippen molar-refractivity contribution in [3.05, 3.63) is 112 Å². The smallest absolute Gasteiger partial charge is 0.321 e. The molecule has 3 aliphatic rings. The van der Waals surface area contributed by atoms with E-state index in [1.54, 1.807) is 41.6 Å². The monoisotopic (exact) mass is 894 g/mol. The second-order valence-corrected chi connectivity index (χ2v) is 19.5. The standard InChI is InChI=1S/C46H48Cl2N8O5S/c1-46(2)15-11-33(39(26-46)31-3-5-34(47)6-4-31)29-54-19-21-55(22-20-54)35-7-9-38(42(24-35)61-36-23-32-12-16-50-43(32)51-28-36)44(57)53-62(59,60)37-8-10-41(40(48)25-37)52-45(58)56-17-13-30(27-49)14-18-56/h3-10,12,16,23-25,28,30H,11,13-15,17-22,26,29H2,1-2H3,(H,50,51)(H,52,58)(H,53,57). The zero-order valence-corrected chi connectivity index (χ0v) is 36.9. The SMILES string of the molecule is CC1(C)CCC(CN2CCN(c3ccc(C(=O)NS(=O)(=O)c4ccc(NC(=O)N5CCC(C#N)CC5)c(Cl)c4)c(Oc4cnc5[nH]ccc5c4)c3)CC2)=C(c2ccc(Cl)cc2)C1. The van der Waals surface area contributed by atoms with Gasteiger partial charge in [-0.15, -0.1) is 0 Å². The summed E-state index contributed by atoms with van der Waals surface area (Å²) in [5, 5.41) is 13.4. The molecule has 4 heterocycles. The number of hydrogen-bond acceptors (Lipinski definition) is 9. The third-order valence-corrected chi connectivity index (χ3v) is 13.9. The fourth-order valence-electron chi connectivity index (χ4n) is 8.39. The number of carbonyl (C=O) groups excluding carboxylic acids is 2. The lowest BCUT2D eigenvalue weighted by molar-refractivity contribution is 0.0979. The Morgan fingerprint density at radius 1 is 0.968 bits per heavy atom. The van der Waals surface area contributed by atoms with Crippen LogP contribution in [0.4, 0.5) is 16.2 Å². The maximum atomic E-state index is 13.9. The third-order valence-electron chi connectivity index (χ3n) is 12.0. The summed E-state index contributed by atoms with van der Waals surface area (Å²) in [6, 6.07) is 22.6. The number of ether oxygens (including phenoxy) is 1. The van der Waals surface area contributed by atoms with Gasteiger partial charge in [0.2, 0.25) is 0 Å². The topological polar surface area (TPSA) is 164 Å². The quantitative estimate of drug-likeness (QED) is 0.124. The van der Waals surface area contributed by atoms with Crippen LogP contribution < -0.4 is 19.7 Å². The number of H-pyrrole nitrogens is 1.